The van der Waals surface area contributed by atoms with Gasteiger partial charge in [-0.25, -0.2) is 0 Å². The quantitative estimate of drug-likeness (QED) is 0.935. The van der Waals surface area contributed by atoms with Crippen LogP contribution in [0.25, 0.3) is 10.9 Å². The molecule has 0 amide bonds. The van der Waals surface area contributed by atoms with E-state index in [4.69, 9.17) is 0 Å². The van der Waals surface area contributed by atoms with Crippen LogP contribution in [0.1, 0.15) is 25.8 Å². The summed E-state index contributed by atoms with van der Waals surface area (Å²) < 4.78 is 0. The third-order valence-electron chi connectivity index (χ3n) is 4.59. The van der Waals surface area contributed by atoms with Crippen molar-refractivity contribution in [3.8, 4) is 0 Å². The highest BCUT2D eigenvalue weighted by Gasteiger charge is 2.25. The highest BCUT2D eigenvalue weighted by molar-refractivity contribution is 5.81. The molecule has 2 unspecified atom stereocenters. The van der Waals surface area contributed by atoms with Crippen molar-refractivity contribution in [1.29, 1.82) is 0 Å². The number of hydrogen-bond acceptors (Lipinski definition) is 3. The molecule has 3 nitrogen and oxygen atoms in total. The summed E-state index contributed by atoms with van der Waals surface area (Å²) in [6, 6.07) is 11.3. The Labute approximate surface area is 127 Å². The molecule has 1 fully saturated rings. The average Bonchev–Trinajstić information content (AvgIpc) is 2.51. The Bertz CT molecular complexity index is 591. The zero-order valence-corrected chi connectivity index (χ0v) is 13.0. The summed E-state index contributed by atoms with van der Waals surface area (Å²) >= 11 is 0. The topological polar surface area (TPSA) is 28.2 Å². The number of nitrogens with zero attached hydrogens (tertiary/aromatic N) is 2. The van der Waals surface area contributed by atoms with Gasteiger partial charge in [0.2, 0.25) is 0 Å². The molecule has 0 bridgehead atoms. The third kappa shape index (κ3) is 3.25. The van der Waals surface area contributed by atoms with Crippen LogP contribution in [0.15, 0.2) is 36.5 Å². The van der Waals surface area contributed by atoms with E-state index < -0.39 is 0 Å². The molecule has 0 spiro atoms. The van der Waals surface area contributed by atoms with Crippen molar-refractivity contribution in [3.05, 3.63) is 42.1 Å². The van der Waals surface area contributed by atoms with Gasteiger partial charge in [0, 0.05) is 30.7 Å². The lowest BCUT2D eigenvalue weighted by molar-refractivity contribution is 0.142. The zero-order chi connectivity index (χ0) is 14.7. The van der Waals surface area contributed by atoms with Crippen molar-refractivity contribution in [2.24, 2.45) is 5.92 Å². The second-order valence-electron chi connectivity index (χ2n) is 6.15. The number of nitrogens with one attached hydrogen (secondary N) is 1. The molecule has 1 saturated heterocycles. The fraction of sp³-hybridized carbons (Fsp3) is 0.500. The van der Waals surface area contributed by atoms with Gasteiger partial charge in [-0.15, -0.1) is 0 Å². The molecular weight excluding hydrogens is 258 g/mol. The zero-order valence-electron chi connectivity index (χ0n) is 13.0. The van der Waals surface area contributed by atoms with E-state index in [0.29, 0.717) is 12.0 Å². The van der Waals surface area contributed by atoms with Gasteiger partial charge in [-0.3, -0.25) is 9.88 Å². The maximum atomic E-state index is 4.46. The van der Waals surface area contributed by atoms with Crippen LogP contribution in [0, 0.1) is 5.92 Å². The van der Waals surface area contributed by atoms with Crippen molar-refractivity contribution < 1.29 is 0 Å². The molecule has 1 aromatic heterocycles. The lowest BCUT2D eigenvalue weighted by atomic mass is 9.93. The number of para-hydroxylation sites is 1. The Morgan fingerprint density at radius 3 is 2.95 bits per heavy atom. The van der Waals surface area contributed by atoms with E-state index in [0.717, 1.165) is 18.6 Å². The lowest BCUT2D eigenvalue weighted by Crippen LogP contribution is -2.47. The monoisotopic (exact) mass is 283 g/mol. The summed E-state index contributed by atoms with van der Waals surface area (Å²) in [5, 5.41) is 4.90. The van der Waals surface area contributed by atoms with Crippen LogP contribution < -0.4 is 5.32 Å². The summed E-state index contributed by atoms with van der Waals surface area (Å²) in [5.74, 6) is 0.715. The van der Waals surface area contributed by atoms with Gasteiger partial charge in [-0.05, 0) is 43.1 Å². The number of fused-ring (bicyclic) bond motifs is 1. The van der Waals surface area contributed by atoms with E-state index in [1.54, 1.807) is 0 Å². The van der Waals surface area contributed by atoms with Gasteiger partial charge in [-0.2, -0.15) is 0 Å². The standard InChI is InChI=1S/C18H25N3/c1-3-19-17-9-11-21(12-14(17)2)13-15-8-10-20-18-7-5-4-6-16(15)18/h4-8,10,14,17,19H,3,9,11-13H2,1-2H3. The molecule has 1 aromatic carbocycles. The number of aromatic nitrogens is 1. The maximum Gasteiger partial charge on any atom is 0.0705 e. The Hall–Kier alpha value is -1.45. The highest BCUT2D eigenvalue weighted by Crippen LogP contribution is 2.22. The first-order valence-electron chi connectivity index (χ1n) is 8.06. The summed E-state index contributed by atoms with van der Waals surface area (Å²) in [6.45, 7) is 9.02. The van der Waals surface area contributed by atoms with Crippen LogP contribution in [0.3, 0.4) is 0 Å². The van der Waals surface area contributed by atoms with Crippen LogP contribution >= 0.6 is 0 Å². The molecule has 1 aliphatic heterocycles. The van der Waals surface area contributed by atoms with Crippen molar-refractivity contribution >= 4 is 10.9 Å². The second kappa shape index (κ2) is 6.54. The summed E-state index contributed by atoms with van der Waals surface area (Å²) in [7, 11) is 0. The summed E-state index contributed by atoms with van der Waals surface area (Å²) in [4.78, 5) is 7.04. The number of pyridine rings is 1. The van der Waals surface area contributed by atoms with E-state index in [9.17, 15) is 0 Å². The largest absolute Gasteiger partial charge is 0.314 e. The predicted molar refractivity (Wildman–Crippen MR) is 88.3 cm³/mol. The van der Waals surface area contributed by atoms with E-state index in [1.165, 1.54) is 30.5 Å². The summed E-state index contributed by atoms with van der Waals surface area (Å²) in [6.07, 6.45) is 3.19. The van der Waals surface area contributed by atoms with Crippen LogP contribution in [-0.2, 0) is 6.54 Å². The third-order valence-corrected chi connectivity index (χ3v) is 4.59. The molecule has 112 valence electrons. The predicted octanol–water partition coefficient (Wildman–Crippen LogP) is 3.05. The van der Waals surface area contributed by atoms with Gasteiger partial charge in [0.25, 0.3) is 0 Å². The smallest absolute Gasteiger partial charge is 0.0705 e. The van der Waals surface area contributed by atoms with Crippen molar-refractivity contribution in [2.45, 2.75) is 32.9 Å². The first-order valence-corrected chi connectivity index (χ1v) is 8.06. The fourth-order valence-corrected chi connectivity index (χ4v) is 3.47. The molecule has 0 aliphatic carbocycles. The Kier molecular flexibility index (Phi) is 4.51. The Morgan fingerprint density at radius 2 is 2.14 bits per heavy atom. The minimum atomic E-state index is 0.681. The maximum absolute atomic E-state index is 4.46. The minimum Gasteiger partial charge on any atom is -0.314 e. The van der Waals surface area contributed by atoms with Crippen molar-refractivity contribution in [1.82, 2.24) is 15.2 Å². The molecule has 2 atom stereocenters. The van der Waals surface area contributed by atoms with Crippen LogP contribution in [0.2, 0.25) is 0 Å². The second-order valence-corrected chi connectivity index (χ2v) is 6.15. The number of likely N-dealkylation sites (tertiary alicyclic amines) is 1. The molecule has 1 aliphatic rings. The number of piperidine rings is 1. The van der Waals surface area contributed by atoms with Gasteiger partial charge >= 0.3 is 0 Å². The first kappa shape index (κ1) is 14.5. The lowest BCUT2D eigenvalue weighted by Gasteiger charge is -2.37. The van der Waals surface area contributed by atoms with Crippen LogP contribution in [0.5, 0.6) is 0 Å². The molecule has 21 heavy (non-hydrogen) atoms. The number of benzene rings is 1. The Balaban J connectivity index is 1.72. The van der Waals surface area contributed by atoms with Crippen LogP contribution in [-0.4, -0.2) is 35.6 Å². The fourth-order valence-electron chi connectivity index (χ4n) is 3.47. The molecule has 3 heteroatoms. The van der Waals surface area contributed by atoms with Crippen molar-refractivity contribution in [3.63, 3.8) is 0 Å². The summed E-state index contributed by atoms with van der Waals surface area (Å²) in [5.41, 5.74) is 2.50. The van der Waals surface area contributed by atoms with E-state index in [2.05, 4.69) is 59.4 Å². The van der Waals surface area contributed by atoms with E-state index in [-0.39, 0.29) is 0 Å². The van der Waals surface area contributed by atoms with Gasteiger partial charge in [0.05, 0.1) is 5.52 Å². The van der Waals surface area contributed by atoms with Gasteiger partial charge in [-0.1, -0.05) is 32.0 Å². The molecular formula is C18H25N3. The molecule has 0 radical (unpaired) electrons. The first-order chi connectivity index (χ1) is 10.3. The Morgan fingerprint density at radius 1 is 1.29 bits per heavy atom. The highest BCUT2D eigenvalue weighted by atomic mass is 15.1. The minimum absolute atomic E-state index is 0.681. The molecule has 2 heterocycles. The SMILES string of the molecule is CCNC1CCN(Cc2ccnc3ccccc23)CC1C. The molecule has 0 saturated carbocycles. The van der Waals surface area contributed by atoms with Crippen molar-refractivity contribution in [2.75, 3.05) is 19.6 Å². The van der Waals surface area contributed by atoms with Gasteiger partial charge < -0.3 is 5.32 Å². The average molecular weight is 283 g/mol. The van der Waals surface area contributed by atoms with E-state index in [1.807, 2.05) is 6.20 Å². The molecule has 3 rings (SSSR count). The van der Waals surface area contributed by atoms with Gasteiger partial charge in [0.15, 0.2) is 0 Å². The van der Waals surface area contributed by atoms with Crippen LogP contribution in [0.4, 0.5) is 0 Å². The normalized spacial score (nSPS) is 23.5. The van der Waals surface area contributed by atoms with Gasteiger partial charge in [0.1, 0.15) is 0 Å². The molecule has 1 N–H and O–H groups in total. The number of rotatable bonds is 4. The molecule has 2 aromatic rings. The van der Waals surface area contributed by atoms with E-state index >= 15 is 0 Å². The number of hydrogen-bond donors (Lipinski definition) is 1.